The zero-order valence-corrected chi connectivity index (χ0v) is 14.4. The molecule has 3 aromatic carbocycles. The van der Waals surface area contributed by atoms with Crippen molar-refractivity contribution < 1.29 is 4.79 Å². The Kier molecular flexibility index (Phi) is 4.70. The predicted molar refractivity (Wildman–Crippen MR) is 105 cm³/mol. The third-order valence-corrected chi connectivity index (χ3v) is 4.05. The number of nitrogen functional groups attached to an aromatic ring is 1. The molecule has 3 aromatic rings. The van der Waals surface area contributed by atoms with Gasteiger partial charge < -0.3 is 16.0 Å². The van der Waals surface area contributed by atoms with Crippen molar-refractivity contribution in [1.29, 1.82) is 0 Å². The lowest BCUT2D eigenvalue weighted by molar-refractivity contribution is 0.102. The largest absolute Gasteiger partial charge is 0.397 e. The molecule has 0 saturated carbocycles. The van der Waals surface area contributed by atoms with Crippen LogP contribution >= 0.6 is 0 Å². The van der Waals surface area contributed by atoms with E-state index in [9.17, 15) is 4.79 Å². The van der Waals surface area contributed by atoms with Crippen molar-refractivity contribution in [2.75, 3.05) is 30.0 Å². The first-order valence-corrected chi connectivity index (χ1v) is 8.08. The zero-order chi connectivity index (χ0) is 17.8. The summed E-state index contributed by atoms with van der Waals surface area (Å²) in [5.41, 5.74) is 10.9. The summed E-state index contributed by atoms with van der Waals surface area (Å²) in [4.78, 5) is 14.5. The molecule has 0 saturated heterocycles. The first-order valence-electron chi connectivity index (χ1n) is 8.08. The quantitative estimate of drug-likeness (QED) is 0.703. The van der Waals surface area contributed by atoms with Crippen molar-refractivity contribution in [3.8, 4) is 11.1 Å². The van der Waals surface area contributed by atoms with Crippen LogP contribution in [0, 0.1) is 0 Å². The summed E-state index contributed by atoms with van der Waals surface area (Å²) in [5.74, 6) is -0.179. The zero-order valence-electron chi connectivity index (χ0n) is 14.4. The minimum absolute atomic E-state index is 0.179. The van der Waals surface area contributed by atoms with Gasteiger partial charge in [0.1, 0.15) is 0 Å². The molecule has 3 rings (SSSR count). The maximum atomic E-state index is 12.5. The second kappa shape index (κ2) is 7.09. The highest BCUT2D eigenvalue weighted by Crippen LogP contribution is 2.27. The molecule has 3 N–H and O–H groups in total. The fourth-order valence-electron chi connectivity index (χ4n) is 2.58. The standard InChI is InChI=1S/C21H21N3O/c1-24(2)18-11-8-16(9-12-18)21(25)23-20-14-17(10-13-19(20)22)15-6-4-3-5-7-15/h3-14H,22H2,1-2H3,(H,23,25). The molecule has 0 spiro atoms. The molecule has 0 radical (unpaired) electrons. The van der Waals surface area contributed by atoms with Gasteiger partial charge in [-0.25, -0.2) is 0 Å². The molecule has 0 aliphatic rings. The number of benzene rings is 3. The Bertz CT molecular complexity index is 871. The summed E-state index contributed by atoms with van der Waals surface area (Å²) < 4.78 is 0. The van der Waals surface area contributed by atoms with E-state index in [4.69, 9.17) is 5.73 Å². The molecule has 0 heterocycles. The first-order chi connectivity index (χ1) is 12.0. The minimum Gasteiger partial charge on any atom is -0.397 e. The second-order valence-corrected chi connectivity index (χ2v) is 6.06. The van der Waals surface area contributed by atoms with Gasteiger partial charge in [-0.2, -0.15) is 0 Å². The molecule has 126 valence electrons. The Morgan fingerprint density at radius 1 is 0.880 bits per heavy atom. The second-order valence-electron chi connectivity index (χ2n) is 6.06. The van der Waals surface area contributed by atoms with Crippen molar-refractivity contribution in [1.82, 2.24) is 0 Å². The molecular weight excluding hydrogens is 310 g/mol. The molecule has 0 aliphatic heterocycles. The van der Waals surface area contributed by atoms with Gasteiger partial charge in [0.2, 0.25) is 0 Å². The Morgan fingerprint density at radius 2 is 1.56 bits per heavy atom. The molecular formula is C21H21N3O. The van der Waals surface area contributed by atoms with Gasteiger partial charge in [-0.3, -0.25) is 4.79 Å². The number of carbonyl (C=O) groups excluding carboxylic acids is 1. The summed E-state index contributed by atoms with van der Waals surface area (Å²) in [7, 11) is 3.93. The Morgan fingerprint density at radius 3 is 2.20 bits per heavy atom. The van der Waals surface area contributed by atoms with Gasteiger partial charge in [0.15, 0.2) is 0 Å². The van der Waals surface area contributed by atoms with E-state index in [1.54, 1.807) is 0 Å². The summed E-state index contributed by atoms with van der Waals surface area (Å²) >= 11 is 0. The van der Waals surface area contributed by atoms with Crippen molar-refractivity contribution in [2.45, 2.75) is 0 Å². The van der Waals surface area contributed by atoms with Gasteiger partial charge in [0.25, 0.3) is 5.91 Å². The lowest BCUT2D eigenvalue weighted by Crippen LogP contribution is -2.14. The van der Waals surface area contributed by atoms with E-state index >= 15 is 0 Å². The molecule has 1 amide bonds. The number of anilines is 3. The van der Waals surface area contributed by atoms with Crippen molar-refractivity contribution in [2.24, 2.45) is 0 Å². The molecule has 0 aliphatic carbocycles. The SMILES string of the molecule is CN(C)c1ccc(C(=O)Nc2cc(-c3ccccc3)ccc2N)cc1. The number of rotatable bonds is 4. The molecule has 0 aromatic heterocycles. The van der Waals surface area contributed by atoms with Crippen LogP contribution in [-0.4, -0.2) is 20.0 Å². The summed E-state index contributed by atoms with van der Waals surface area (Å²) in [5, 5.41) is 2.91. The van der Waals surface area contributed by atoms with E-state index in [2.05, 4.69) is 5.32 Å². The number of hydrogen-bond acceptors (Lipinski definition) is 3. The summed E-state index contributed by atoms with van der Waals surface area (Å²) in [6.07, 6.45) is 0. The molecule has 0 unspecified atom stereocenters. The Labute approximate surface area is 147 Å². The van der Waals surface area contributed by atoms with Crippen LogP contribution in [0.4, 0.5) is 17.1 Å². The number of nitrogens with two attached hydrogens (primary N) is 1. The number of amides is 1. The predicted octanol–water partition coefficient (Wildman–Crippen LogP) is 4.25. The third kappa shape index (κ3) is 3.80. The number of nitrogens with zero attached hydrogens (tertiary/aromatic N) is 1. The molecule has 0 fully saturated rings. The minimum atomic E-state index is -0.179. The topological polar surface area (TPSA) is 58.4 Å². The highest BCUT2D eigenvalue weighted by Gasteiger charge is 2.10. The van der Waals surface area contributed by atoms with Crippen LogP contribution in [0.1, 0.15) is 10.4 Å². The van der Waals surface area contributed by atoms with Crippen molar-refractivity contribution >= 4 is 23.0 Å². The van der Waals surface area contributed by atoms with Crippen LogP contribution in [0.2, 0.25) is 0 Å². The van der Waals surface area contributed by atoms with E-state index < -0.39 is 0 Å². The molecule has 0 atom stereocenters. The third-order valence-electron chi connectivity index (χ3n) is 4.05. The van der Waals surface area contributed by atoms with Crippen molar-refractivity contribution in [3.05, 3.63) is 78.4 Å². The van der Waals surface area contributed by atoms with Gasteiger partial charge >= 0.3 is 0 Å². The van der Waals surface area contributed by atoms with Gasteiger partial charge in [0.05, 0.1) is 11.4 Å². The fraction of sp³-hybridized carbons (Fsp3) is 0.0952. The van der Waals surface area contributed by atoms with Crippen LogP contribution in [-0.2, 0) is 0 Å². The Balaban J connectivity index is 1.83. The lowest BCUT2D eigenvalue weighted by Gasteiger charge is -2.13. The normalized spacial score (nSPS) is 10.3. The van der Waals surface area contributed by atoms with Gasteiger partial charge in [-0.1, -0.05) is 36.4 Å². The van der Waals surface area contributed by atoms with Gasteiger partial charge in [0, 0.05) is 25.3 Å². The lowest BCUT2D eigenvalue weighted by atomic mass is 10.0. The number of carbonyl (C=O) groups is 1. The van der Waals surface area contributed by atoms with E-state index in [0.29, 0.717) is 16.9 Å². The fourth-order valence-corrected chi connectivity index (χ4v) is 2.58. The van der Waals surface area contributed by atoms with Gasteiger partial charge in [-0.05, 0) is 47.5 Å². The van der Waals surface area contributed by atoms with E-state index in [0.717, 1.165) is 16.8 Å². The highest BCUT2D eigenvalue weighted by atomic mass is 16.1. The van der Waals surface area contributed by atoms with Crippen LogP contribution in [0.25, 0.3) is 11.1 Å². The van der Waals surface area contributed by atoms with Crippen LogP contribution in [0.15, 0.2) is 72.8 Å². The van der Waals surface area contributed by atoms with E-state index in [1.165, 1.54) is 0 Å². The highest BCUT2D eigenvalue weighted by molar-refractivity contribution is 6.06. The number of nitrogens with one attached hydrogen (secondary N) is 1. The average molecular weight is 331 g/mol. The van der Waals surface area contributed by atoms with E-state index in [1.807, 2.05) is 91.8 Å². The summed E-state index contributed by atoms with van der Waals surface area (Å²) in [6, 6.07) is 23.1. The monoisotopic (exact) mass is 331 g/mol. The van der Waals surface area contributed by atoms with Crippen LogP contribution in [0.5, 0.6) is 0 Å². The average Bonchev–Trinajstić information content (AvgIpc) is 2.64. The van der Waals surface area contributed by atoms with Crippen LogP contribution < -0.4 is 16.0 Å². The molecule has 4 nitrogen and oxygen atoms in total. The van der Waals surface area contributed by atoms with E-state index in [-0.39, 0.29) is 5.91 Å². The Hall–Kier alpha value is -3.27. The first kappa shape index (κ1) is 16.6. The summed E-state index contributed by atoms with van der Waals surface area (Å²) in [6.45, 7) is 0. The molecule has 0 bridgehead atoms. The maximum Gasteiger partial charge on any atom is 0.255 e. The molecule has 25 heavy (non-hydrogen) atoms. The van der Waals surface area contributed by atoms with Gasteiger partial charge in [-0.15, -0.1) is 0 Å². The maximum absolute atomic E-state index is 12.5. The number of hydrogen-bond donors (Lipinski definition) is 2. The smallest absolute Gasteiger partial charge is 0.255 e. The van der Waals surface area contributed by atoms with Crippen LogP contribution in [0.3, 0.4) is 0 Å². The molecule has 4 heteroatoms. The van der Waals surface area contributed by atoms with Crippen molar-refractivity contribution in [3.63, 3.8) is 0 Å².